The Balaban J connectivity index is 2.12. The van der Waals surface area contributed by atoms with E-state index in [4.69, 9.17) is 14.2 Å². The summed E-state index contributed by atoms with van der Waals surface area (Å²) in [6.45, 7) is 1.27. The van der Waals surface area contributed by atoms with Crippen molar-refractivity contribution in [2.45, 2.75) is 6.29 Å². The van der Waals surface area contributed by atoms with Crippen LogP contribution in [0.2, 0.25) is 0 Å². The Labute approximate surface area is 76.4 Å². The Kier molecular flexibility index (Phi) is 2.42. The van der Waals surface area contributed by atoms with Crippen LogP contribution in [-0.2, 0) is 9.47 Å². The summed E-state index contributed by atoms with van der Waals surface area (Å²) in [6, 6.07) is 3.68. The summed E-state index contributed by atoms with van der Waals surface area (Å²) in [5.74, 6) is 0.738. The first kappa shape index (κ1) is 8.47. The van der Waals surface area contributed by atoms with Crippen LogP contribution in [0.25, 0.3) is 0 Å². The van der Waals surface area contributed by atoms with Gasteiger partial charge in [0.25, 0.3) is 0 Å². The van der Waals surface area contributed by atoms with Crippen molar-refractivity contribution in [3.63, 3.8) is 0 Å². The molecule has 0 aromatic carbocycles. The number of aromatic nitrogens is 1. The number of hydrogen-bond acceptors (Lipinski definition) is 4. The van der Waals surface area contributed by atoms with E-state index in [1.165, 1.54) is 0 Å². The normalized spacial score (nSPS) is 17.6. The molecule has 4 nitrogen and oxygen atoms in total. The maximum Gasteiger partial charge on any atom is 0.201 e. The van der Waals surface area contributed by atoms with Crippen molar-refractivity contribution in [3.05, 3.63) is 24.0 Å². The van der Waals surface area contributed by atoms with Crippen LogP contribution >= 0.6 is 0 Å². The average molecular weight is 181 g/mol. The number of nitrogens with zero attached hydrogens (tertiary/aromatic N) is 1. The van der Waals surface area contributed by atoms with Crippen LogP contribution in [-0.4, -0.2) is 25.3 Å². The number of rotatable bonds is 2. The molecule has 1 fully saturated rings. The summed E-state index contributed by atoms with van der Waals surface area (Å²) in [4.78, 5) is 4.16. The van der Waals surface area contributed by atoms with Crippen LogP contribution in [0.5, 0.6) is 5.75 Å². The molecule has 2 rings (SSSR count). The van der Waals surface area contributed by atoms with E-state index in [0.29, 0.717) is 13.2 Å². The Morgan fingerprint density at radius 2 is 2.15 bits per heavy atom. The fourth-order valence-corrected chi connectivity index (χ4v) is 1.18. The van der Waals surface area contributed by atoms with Crippen molar-refractivity contribution >= 4 is 0 Å². The highest BCUT2D eigenvalue weighted by molar-refractivity contribution is 5.20. The van der Waals surface area contributed by atoms with Gasteiger partial charge in [-0.25, -0.2) is 0 Å². The van der Waals surface area contributed by atoms with Gasteiger partial charge in [0.05, 0.1) is 32.2 Å². The molecular formula is C9H11NO3. The molecule has 1 aliphatic rings. The lowest BCUT2D eigenvalue weighted by Crippen LogP contribution is -2.00. The largest absolute Gasteiger partial charge is 0.495 e. The van der Waals surface area contributed by atoms with Gasteiger partial charge in [-0.05, 0) is 12.1 Å². The predicted octanol–water partition coefficient (Wildman–Crippen LogP) is 1.14. The summed E-state index contributed by atoms with van der Waals surface area (Å²) in [7, 11) is 1.61. The number of ether oxygens (including phenoxy) is 3. The molecule has 1 aromatic rings. The fourth-order valence-electron chi connectivity index (χ4n) is 1.18. The molecule has 0 bridgehead atoms. The van der Waals surface area contributed by atoms with Crippen molar-refractivity contribution in [2.24, 2.45) is 0 Å². The Hall–Kier alpha value is -1.13. The van der Waals surface area contributed by atoms with Crippen LogP contribution in [0.15, 0.2) is 18.3 Å². The average Bonchev–Trinajstić information content (AvgIpc) is 2.71. The van der Waals surface area contributed by atoms with Gasteiger partial charge in [-0.3, -0.25) is 4.98 Å². The summed E-state index contributed by atoms with van der Waals surface area (Å²) in [5.41, 5.74) is 0.790. The molecule has 13 heavy (non-hydrogen) atoms. The number of pyridine rings is 1. The second kappa shape index (κ2) is 3.72. The van der Waals surface area contributed by atoms with Gasteiger partial charge in [0, 0.05) is 0 Å². The first-order valence-corrected chi connectivity index (χ1v) is 4.13. The van der Waals surface area contributed by atoms with Crippen LogP contribution < -0.4 is 4.74 Å². The maximum absolute atomic E-state index is 5.29. The molecule has 0 atom stereocenters. The van der Waals surface area contributed by atoms with E-state index in [1.54, 1.807) is 13.3 Å². The summed E-state index contributed by atoms with van der Waals surface area (Å²) < 4.78 is 15.6. The van der Waals surface area contributed by atoms with Crippen molar-refractivity contribution in [3.8, 4) is 5.75 Å². The fraction of sp³-hybridized carbons (Fsp3) is 0.444. The van der Waals surface area contributed by atoms with Gasteiger partial charge in [-0.15, -0.1) is 0 Å². The van der Waals surface area contributed by atoms with E-state index in [9.17, 15) is 0 Å². The minimum atomic E-state index is -0.300. The SMILES string of the molecule is COc1ccc(C2OCCO2)nc1. The Morgan fingerprint density at radius 3 is 2.69 bits per heavy atom. The third kappa shape index (κ3) is 1.79. The molecule has 0 unspecified atom stereocenters. The Morgan fingerprint density at radius 1 is 1.38 bits per heavy atom. The summed E-state index contributed by atoms with van der Waals surface area (Å²) in [5, 5.41) is 0. The van der Waals surface area contributed by atoms with Crippen LogP contribution in [0, 0.1) is 0 Å². The molecule has 1 saturated heterocycles. The van der Waals surface area contributed by atoms with Crippen LogP contribution in [0.3, 0.4) is 0 Å². The zero-order valence-electron chi connectivity index (χ0n) is 7.40. The van der Waals surface area contributed by atoms with E-state index < -0.39 is 0 Å². The quantitative estimate of drug-likeness (QED) is 0.685. The minimum absolute atomic E-state index is 0.300. The molecule has 0 spiro atoms. The van der Waals surface area contributed by atoms with Crippen molar-refractivity contribution < 1.29 is 14.2 Å². The van der Waals surface area contributed by atoms with Gasteiger partial charge in [0.15, 0.2) is 0 Å². The molecular weight excluding hydrogens is 170 g/mol. The zero-order valence-corrected chi connectivity index (χ0v) is 7.40. The lowest BCUT2D eigenvalue weighted by molar-refractivity contribution is -0.0473. The third-order valence-electron chi connectivity index (χ3n) is 1.86. The highest BCUT2D eigenvalue weighted by Crippen LogP contribution is 2.22. The molecule has 0 aliphatic carbocycles. The number of methoxy groups -OCH3 is 1. The van der Waals surface area contributed by atoms with Crippen LogP contribution in [0.4, 0.5) is 0 Å². The highest BCUT2D eigenvalue weighted by atomic mass is 16.7. The predicted molar refractivity (Wildman–Crippen MR) is 45.4 cm³/mol. The minimum Gasteiger partial charge on any atom is -0.495 e. The molecule has 1 aromatic heterocycles. The summed E-state index contributed by atoms with van der Waals surface area (Å²) in [6.07, 6.45) is 1.35. The van der Waals surface area contributed by atoms with Crippen LogP contribution in [0.1, 0.15) is 12.0 Å². The second-order valence-electron chi connectivity index (χ2n) is 2.70. The highest BCUT2D eigenvalue weighted by Gasteiger charge is 2.19. The second-order valence-corrected chi connectivity index (χ2v) is 2.70. The van der Waals surface area contributed by atoms with Crippen molar-refractivity contribution in [2.75, 3.05) is 20.3 Å². The molecule has 0 amide bonds. The van der Waals surface area contributed by atoms with E-state index >= 15 is 0 Å². The van der Waals surface area contributed by atoms with Gasteiger partial charge < -0.3 is 14.2 Å². The smallest absolute Gasteiger partial charge is 0.201 e. The van der Waals surface area contributed by atoms with Gasteiger partial charge in [-0.2, -0.15) is 0 Å². The molecule has 4 heteroatoms. The Bertz CT molecular complexity index is 267. The lowest BCUT2D eigenvalue weighted by Gasteiger charge is -2.07. The maximum atomic E-state index is 5.29. The van der Waals surface area contributed by atoms with Gasteiger partial charge in [-0.1, -0.05) is 0 Å². The molecule has 0 radical (unpaired) electrons. The van der Waals surface area contributed by atoms with Gasteiger partial charge >= 0.3 is 0 Å². The molecule has 70 valence electrons. The molecule has 0 saturated carbocycles. The zero-order chi connectivity index (χ0) is 9.10. The number of hydrogen-bond donors (Lipinski definition) is 0. The standard InChI is InChI=1S/C9H11NO3/c1-11-7-2-3-8(10-6-7)9-12-4-5-13-9/h2-3,6,9H,4-5H2,1H3. The van der Waals surface area contributed by atoms with Crippen molar-refractivity contribution in [1.82, 2.24) is 4.98 Å². The first-order valence-electron chi connectivity index (χ1n) is 4.13. The van der Waals surface area contributed by atoms with Gasteiger partial charge in [0.1, 0.15) is 5.75 Å². The van der Waals surface area contributed by atoms with E-state index in [1.807, 2.05) is 12.1 Å². The molecule has 0 N–H and O–H groups in total. The van der Waals surface area contributed by atoms with Gasteiger partial charge in [0.2, 0.25) is 6.29 Å². The topological polar surface area (TPSA) is 40.6 Å². The van der Waals surface area contributed by atoms with E-state index in [-0.39, 0.29) is 6.29 Å². The monoisotopic (exact) mass is 181 g/mol. The first-order chi connectivity index (χ1) is 6.40. The summed E-state index contributed by atoms with van der Waals surface area (Å²) >= 11 is 0. The van der Waals surface area contributed by atoms with E-state index in [2.05, 4.69) is 4.98 Å². The van der Waals surface area contributed by atoms with E-state index in [0.717, 1.165) is 11.4 Å². The van der Waals surface area contributed by atoms with Crippen molar-refractivity contribution in [1.29, 1.82) is 0 Å². The third-order valence-corrected chi connectivity index (χ3v) is 1.86. The molecule has 2 heterocycles. The molecule has 1 aliphatic heterocycles. The lowest BCUT2D eigenvalue weighted by atomic mass is 10.3.